The molecule has 0 radical (unpaired) electrons. The number of rotatable bonds is 8. The van der Waals surface area contributed by atoms with Gasteiger partial charge in [0, 0.05) is 26.7 Å². The van der Waals surface area contributed by atoms with Crippen molar-refractivity contribution in [2.75, 3.05) is 32.4 Å². The van der Waals surface area contributed by atoms with Crippen LogP contribution < -0.4 is 15.4 Å². The maximum absolute atomic E-state index is 11.2. The van der Waals surface area contributed by atoms with Crippen LogP contribution in [0.5, 0.6) is 0 Å². The Morgan fingerprint density at radius 1 is 1.26 bits per heavy atom. The molecular formula is C11H25IN4O2S. The number of hydrogen-bond donors (Lipinski definition) is 3. The molecule has 1 aliphatic rings. The van der Waals surface area contributed by atoms with Gasteiger partial charge in [-0.25, -0.2) is 13.1 Å². The normalized spacial score (nSPS) is 15.8. The van der Waals surface area contributed by atoms with Gasteiger partial charge in [-0.15, -0.1) is 24.0 Å². The molecule has 0 spiro atoms. The molecule has 1 saturated carbocycles. The Kier molecular flexibility index (Phi) is 9.71. The van der Waals surface area contributed by atoms with Gasteiger partial charge < -0.3 is 10.6 Å². The zero-order valence-corrected chi connectivity index (χ0v) is 14.8. The summed E-state index contributed by atoms with van der Waals surface area (Å²) in [5.74, 6) is 1.73. The van der Waals surface area contributed by atoms with Crippen molar-refractivity contribution in [2.45, 2.75) is 26.2 Å². The number of nitrogens with zero attached hydrogens (tertiary/aromatic N) is 1. The zero-order chi connectivity index (χ0) is 13.4. The van der Waals surface area contributed by atoms with E-state index in [1.807, 2.05) is 0 Å². The lowest BCUT2D eigenvalue weighted by Crippen LogP contribution is -2.39. The molecule has 8 heteroatoms. The molecule has 0 amide bonds. The molecule has 3 N–H and O–H groups in total. The SMILES string of the molecule is CCS(=O)(=O)NCCCNC(=NC)NCC1CC1.I. The lowest BCUT2D eigenvalue weighted by atomic mass is 10.4. The van der Waals surface area contributed by atoms with E-state index in [9.17, 15) is 8.42 Å². The van der Waals surface area contributed by atoms with Crippen LogP contribution in [0.3, 0.4) is 0 Å². The third kappa shape index (κ3) is 9.44. The molecular weight excluding hydrogens is 379 g/mol. The highest BCUT2D eigenvalue weighted by Crippen LogP contribution is 2.27. The van der Waals surface area contributed by atoms with Crippen LogP contribution >= 0.6 is 24.0 Å². The average Bonchev–Trinajstić information content (AvgIpc) is 3.16. The third-order valence-corrected chi connectivity index (χ3v) is 4.23. The highest BCUT2D eigenvalue weighted by atomic mass is 127. The van der Waals surface area contributed by atoms with Crippen LogP contribution in [0.25, 0.3) is 0 Å². The van der Waals surface area contributed by atoms with Crippen LogP contribution in [0, 0.1) is 5.92 Å². The maximum atomic E-state index is 11.2. The second-order valence-corrected chi connectivity index (χ2v) is 6.57. The predicted octanol–water partition coefficient (Wildman–Crippen LogP) is 0.509. The summed E-state index contributed by atoms with van der Waals surface area (Å²) in [7, 11) is -1.32. The summed E-state index contributed by atoms with van der Waals surface area (Å²) in [4.78, 5) is 4.11. The van der Waals surface area contributed by atoms with Crippen LogP contribution in [-0.2, 0) is 10.0 Å². The van der Waals surface area contributed by atoms with Crippen LogP contribution in [0.2, 0.25) is 0 Å². The number of aliphatic imine (C=N–C) groups is 1. The minimum Gasteiger partial charge on any atom is -0.356 e. The molecule has 0 aromatic rings. The summed E-state index contributed by atoms with van der Waals surface area (Å²) in [5, 5.41) is 6.41. The van der Waals surface area contributed by atoms with Crippen molar-refractivity contribution in [3.8, 4) is 0 Å². The van der Waals surface area contributed by atoms with E-state index in [0.717, 1.165) is 24.8 Å². The molecule has 1 fully saturated rings. The van der Waals surface area contributed by atoms with E-state index in [1.165, 1.54) is 12.8 Å². The van der Waals surface area contributed by atoms with Crippen molar-refractivity contribution in [3.63, 3.8) is 0 Å². The molecule has 1 rings (SSSR count). The van der Waals surface area contributed by atoms with E-state index in [0.29, 0.717) is 13.1 Å². The molecule has 0 saturated heterocycles. The summed E-state index contributed by atoms with van der Waals surface area (Å²) in [6, 6.07) is 0. The second kappa shape index (κ2) is 9.76. The summed E-state index contributed by atoms with van der Waals surface area (Å²) in [6.07, 6.45) is 3.36. The van der Waals surface area contributed by atoms with Crippen molar-refractivity contribution >= 4 is 40.0 Å². The molecule has 0 unspecified atom stereocenters. The van der Waals surface area contributed by atoms with Gasteiger partial charge in [0.2, 0.25) is 10.0 Å². The quantitative estimate of drug-likeness (QED) is 0.238. The Balaban J connectivity index is 0.00000324. The summed E-state index contributed by atoms with van der Waals surface area (Å²) in [6.45, 7) is 3.77. The van der Waals surface area contributed by atoms with E-state index in [1.54, 1.807) is 14.0 Å². The Morgan fingerprint density at radius 3 is 2.47 bits per heavy atom. The van der Waals surface area contributed by atoms with Gasteiger partial charge >= 0.3 is 0 Å². The lowest BCUT2D eigenvalue weighted by molar-refractivity contribution is 0.579. The van der Waals surface area contributed by atoms with Crippen LogP contribution in [-0.4, -0.2) is 46.8 Å². The van der Waals surface area contributed by atoms with Crippen molar-refractivity contribution in [2.24, 2.45) is 10.9 Å². The molecule has 1 aliphatic carbocycles. The van der Waals surface area contributed by atoms with Crippen molar-refractivity contribution in [1.82, 2.24) is 15.4 Å². The molecule has 0 aromatic carbocycles. The number of halogens is 1. The van der Waals surface area contributed by atoms with Crippen molar-refractivity contribution in [3.05, 3.63) is 0 Å². The lowest BCUT2D eigenvalue weighted by Gasteiger charge is -2.11. The molecule has 19 heavy (non-hydrogen) atoms. The molecule has 6 nitrogen and oxygen atoms in total. The van der Waals surface area contributed by atoms with Gasteiger partial charge in [-0.1, -0.05) is 0 Å². The third-order valence-electron chi connectivity index (χ3n) is 2.83. The standard InChI is InChI=1S/C11H24N4O2S.HI/c1-3-18(16,17)15-8-4-7-13-11(12-2)14-9-10-5-6-10;/h10,15H,3-9H2,1-2H3,(H2,12,13,14);1H. The Labute approximate surface area is 133 Å². The Bertz CT molecular complexity index is 369. The predicted molar refractivity (Wildman–Crippen MR) is 89.6 cm³/mol. The average molecular weight is 404 g/mol. The Morgan fingerprint density at radius 2 is 1.95 bits per heavy atom. The van der Waals surface area contributed by atoms with E-state index in [-0.39, 0.29) is 29.7 Å². The molecule has 114 valence electrons. The number of hydrogen-bond acceptors (Lipinski definition) is 3. The summed E-state index contributed by atoms with van der Waals surface area (Å²) >= 11 is 0. The van der Waals surface area contributed by atoms with Gasteiger partial charge in [0.15, 0.2) is 5.96 Å². The first-order valence-electron chi connectivity index (χ1n) is 6.49. The minimum atomic E-state index is -3.06. The van der Waals surface area contributed by atoms with E-state index in [4.69, 9.17) is 0 Å². The first-order valence-corrected chi connectivity index (χ1v) is 8.14. The fraction of sp³-hybridized carbons (Fsp3) is 0.909. The number of guanidine groups is 1. The molecule has 0 heterocycles. The van der Waals surface area contributed by atoms with Crippen LogP contribution in [0.4, 0.5) is 0 Å². The van der Waals surface area contributed by atoms with Gasteiger partial charge in [0.25, 0.3) is 0 Å². The van der Waals surface area contributed by atoms with Gasteiger partial charge in [-0.3, -0.25) is 4.99 Å². The minimum absolute atomic E-state index is 0. The number of nitrogens with one attached hydrogen (secondary N) is 3. The topological polar surface area (TPSA) is 82.6 Å². The largest absolute Gasteiger partial charge is 0.356 e. The van der Waals surface area contributed by atoms with E-state index >= 15 is 0 Å². The number of sulfonamides is 1. The fourth-order valence-corrected chi connectivity index (χ4v) is 2.07. The van der Waals surface area contributed by atoms with Crippen LogP contribution in [0.1, 0.15) is 26.2 Å². The smallest absolute Gasteiger partial charge is 0.211 e. The van der Waals surface area contributed by atoms with E-state index in [2.05, 4.69) is 20.3 Å². The molecule has 0 aromatic heterocycles. The molecule has 0 atom stereocenters. The highest BCUT2D eigenvalue weighted by molar-refractivity contribution is 14.0. The monoisotopic (exact) mass is 404 g/mol. The summed E-state index contributed by atoms with van der Waals surface area (Å²) < 4.78 is 24.9. The first kappa shape index (κ1) is 18.9. The van der Waals surface area contributed by atoms with Crippen molar-refractivity contribution in [1.29, 1.82) is 0 Å². The molecule has 0 bridgehead atoms. The van der Waals surface area contributed by atoms with E-state index < -0.39 is 10.0 Å². The van der Waals surface area contributed by atoms with Gasteiger partial charge in [-0.2, -0.15) is 0 Å². The van der Waals surface area contributed by atoms with Gasteiger partial charge in [0.05, 0.1) is 5.75 Å². The summed E-state index contributed by atoms with van der Waals surface area (Å²) in [5.41, 5.74) is 0. The van der Waals surface area contributed by atoms with Crippen LogP contribution in [0.15, 0.2) is 4.99 Å². The van der Waals surface area contributed by atoms with Gasteiger partial charge in [-0.05, 0) is 32.1 Å². The van der Waals surface area contributed by atoms with Crippen molar-refractivity contribution < 1.29 is 8.42 Å². The second-order valence-electron chi connectivity index (χ2n) is 4.47. The fourth-order valence-electron chi connectivity index (χ4n) is 1.41. The first-order chi connectivity index (χ1) is 8.57. The Hall–Kier alpha value is -0.0900. The maximum Gasteiger partial charge on any atom is 0.211 e. The highest BCUT2D eigenvalue weighted by Gasteiger charge is 2.20. The zero-order valence-electron chi connectivity index (χ0n) is 11.6. The molecule has 0 aliphatic heterocycles. The van der Waals surface area contributed by atoms with Gasteiger partial charge in [0.1, 0.15) is 0 Å².